The van der Waals surface area contributed by atoms with Gasteiger partial charge in [-0.3, -0.25) is 4.79 Å². The molecule has 3 aromatic rings. The van der Waals surface area contributed by atoms with Crippen LogP contribution in [0.4, 0.5) is 0 Å². The van der Waals surface area contributed by atoms with Gasteiger partial charge in [-0.05, 0) is 47.6 Å². The Bertz CT molecular complexity index is 999. The number of carbonyl (C=O) groups is 2. The number of nitrogens with zero attached hydrogens (tertiary/aromatic N) is 2. The molecule has 0 bridgehead atoms. The van der Waals surface area contributed by atoms with Crippen LogP contribution in [-0.2, 0) is 11.3 Å². The lowest BCUT2D eigenvalue weighted by molar-refractivity contribution is -0.139. The zero-order valence-electron chi connectivity index (χ0n) is 16.5. The largest absolute Gasteiger partial charge is 0.480 e. The molecule has 8 heteroatoms. The molecule has 1 amide bonds. The number of benzene rings is 1. The number of carboxylic acids is 1. The van der Waals surface area contributed by atoms with Crippen molar-refractivity contribution < 1.29 is 14.7 Å². The van der Waals surface area contributed by atoms with Crippen LogP contribution in [0.5, 0.6) is 0 Å². The Hall–Kier alpha value is -2.84. The minimum atomic E-state index is -1.02. The van der Waals surface area contributed by atoms with Gasteiger partial charge in [-0.25, -0.2) is 9.78 Å². The molecule has 30 heavy (non-hydrogen) atoms. The SMILES string of the molecule is CSCC[C@H](NC(=O)c1ccc(/C=C/Cn2ccnc2)cc1-c1cccs1)C(=O)O. The van der Waals surface area contributed by atoms with Gasteiger partial charge in [0.2, 0.25) is 0 Å². The predicted octanol–water partition coefficient (Wildman–Crippen LogP) is 4.26. The number of thiophene rings is 1. The van der Waals surface area contributed by atoms with Gasteiger partial charge in [0.15, 0.2) is 0 Å². The Kier molecular flexibility index (Phi) is 7.87. The molecule has 0 aliphatic heterocycles. The van der Waals surface area contributed by atoms with Gasteiger partial charge in [0.05, 0.1) is 6.33 Å². The summed E-state index contributed by atoms with van der Waals surface area (Å²) in [5.41, 5.74) is 2.23. The first-order valence-corrected chi connectivity index (χ1v) is 11.7. The molecule has 6 nitrogen and oxygen atoms in total. The average molecular weight is 442 g/mol. The second-order valence-electron chi connectivity index (χ2n) is 6.59. The standard InChI is InChI=1S/C22H23N3O3S2/c1-29-13-8-19(22(27)28)24-21(26)17-7-6-16(4-2-10-25-11-9-23-15-25)14-18(17)20-5-3-12-30-20/h2-7,9,11-12,14-15,19H,8,10,13H2,1H3,(H,24,26)(H,27,28)/b4-2+/t19-/m0/s1. The summed E-state index contributed by atoms with van der Waals surface area (Å²) in [4.78, 5) is 29.4. The second-order valence-corrected chi connectivity index (χ2v) is 8.52. The highest BCUT2D eigenvalue weighted by Gasteiger charge is 2.22. The number of carboxylic acid groups (broad SMARTS) is 1. The third-order valence-electron chi connectivity index (χ3n) is 4.47. The monoisotopic (exact) mass is 441 g/mol. The van der Waals surface area contributed by atoms with Crippen molar-refractivity contribution in [2.45, 2.75) is 19.0 Å². The highest BCUT2D eigenvalue weighted by molar-refractivity contribution is 7.98. The molecular weight excluding hydrogens is 418 g/mol. The zero-order valence-corrected chi connectivity index (χ0v) is 18.2. The number of thioether (sulfide) groups is 1. The number of rotatable bonds is 10. The van der Waals surface area contributed by atoms with Crippen LogP contribution in [0.3, 0.4) is 0 Å². The topological polar surface area (TPSA) is 84.2 Å². The molecule has 0 fully saturated rings. The molecule has 2 heterocycles. The van der Waals surface area contributed by atoms with E-state index in [1.54, 1.807) is 41.7 Å². The van der Waals surface area contributed by atoms with Crippen molar-refractivity contribution >= 4 is 41.1 Å². The van der Waals surface area contributed by atoms with E-state index in [-0.39, 0.29) is 5.91 Å². The number of amides is 1. The first kappa shape index (κ1) is 21.9. The van der Waals surface area contributed by atoms with Gasteiger partial charge >= 0.3 is 5.97 Å². The van der Waals surface area contributed by atoms with E-state index < -0.39 is 12.0 Å². The van der Waals surface area contributed by atoms with Gasteiger partial charge in [-0.15, -0.1) is 11.3 Å². The fourth-order valence-electron chi connectivity index (χ4n) is 2.93. The van der Waals surface area contributed by atoms with Crippen LogP contribution in [-0.4, -0.2) is 44.6 Å². The molecule has 156 valence electrons. The van der Waals surface area contributed by atoms with Gasteiger partial charge in [0.1, 0.15) is 6.04 Å². The summed E-state index contributed by atoms with van der Waals surface area (Å²) in [6.07, 6.45) is 11.7. The average Bonchev–Trinajstić information content (AvgIpc) is 3.45. The van der Waals surface area contributed by atoms with Crippen LogP contribution in [0.25, 0.3) is 16.5 Å². The predicted molar refractivity (Wildman–Crippen MR) is 123 cm³/mol. The molecule has 0 aliphatic carbocycles. The number of allylic oxidation sites excluding steroid dienone is 1. The van der Waals surface area contributed by atoms with Crippen molar-refractivity contribution in [1.82, 2.24) is 14.9 Å². The fourth-order valence-corrected chi connectivity index (χ4v) is 4.16. The van der Waals surface area contributed by atoms with Crippen LogP contribution < -0.4 is 5.32 Å². The Labute approximate surface area is 183 Å². The molecule has 3 rings (SSSR count). The van der Waals surface area contributed by atoms with Crippen LogP contribution in [0.1, 0.15) is 22.3 Å². The van der Waals surface area contributed by atoms with E-state index in [2.05, 4.69) is 10.3 Å². The third-order valence-corrected chi connectivity index (χ3v) is 6.02. The Morgan fingerprint density at radius 2 is 2.23 bits per heavy atom. The van der Waals surface area contributed by atoms with E-state index in [4.69, 9.17) is 0 Å². The molecular formula is C22H23N3O3S2. The van der Waals surface area contributed by atoms with Crippen LogP contribution >= 0.6 is 23.1 Å². The lowest BCUT2D eigenvalue weighted by Gasteiger charge is -2.16. The smallest absolute Gasteiger partial charge is 0.326 e. The first-order valence-electron chi connectivity index (χ1n) is 9.41. The summed E-state index contributed by atoms with van der Waals surface area (Å²) in [6.45, 7) is 0.701. The number of hydrogen-bond donors (Lipinski definition) is 2. The van der Waals surface area contributed by atoms with E-state index >= 15 is 0 Å². The highest BCUT2D eigenvalue weighted by atomic mass is 32.2. The third kappa shape index (κ3) is 5.84. The number of carbonyl (C=O) groups excluding carboxylic acids is 1. The summed E-state index contributed by atoms with van der Waals surface area (Å²) in [6, 6.07) is 8.57. The second kappa shape index (κ2) is 10.8. The highest BCUT2D eigenvalue weighted by Crippen LogP contribution is 2.30. The maximum atomic E-state index is 12.9. The molecule has 0 unspecified atom stereocenters. The molecule has 0 saturated heterocycles. The van der Waals surface area contributed by atoms with Crippen molar-refractivity contribution in [3.8, 4) is 10.4 Å². The van der Waals surface area contributed by atoms with Crippen molar-refractivity contribution in [3.05, 3.63) is 71.6 Å². The summed E-state index contributed by atoms with van der Waals surface area (Å²) in [7, 11) is 0. The number of imidazole rings is 1. The van der Waals surface area contributed by atoms with Crippen molar-refractivity contribution in [3.63, 3.8) is 0 Å². The van der Waals surface area contributed by atoms with Crippen LogP contribution in [0.2, 0.25) is 0 Å². The molecule has 1 aromatic carbocycles. The number of aliphatic carboxylic acids is 1. The van der Waals surface area contributed by atoms with Crippen molar-refractivity contribution in [1.29, 1.82) is 0 Å². The minimum Gasteiger partial charge on any atom is -0.480 e. The summed E-state index contributed by atoms with van der Waals surface area (Å²) < 4.78 is 1.96. The van der Waals surface area contributed by atoms with Gasteiger partial charge < -0.3 is 15.0 Å². The van der Waals surface area contributed by atoms with E-state index in [1.807, 2.05) is 58.8 Å². The van der Waals surface area contributed by atoms with Gasteiger partial charge in [0.25, 0.3) is 5.91 Å². The quantitative estimate of drug-likeness (QED) is 0.491. The van der Waals surface area contributed by atoms with Gasteiger partial charge in [-0.2, -0.15) is 11.8 Å². The van der Waals surface area contributed by atoms with Crippen LogP contribution in [0.15, 0.2) is 60.5 Å². The summed E-state index contributed by atoms with van der Waals surface area (Å²) >= 11 is 3.09. The van der Waals surface area contributed by atoms with Gasteiger partial charge in [-0.1, -0.05) is 24.3 Å². The fraction of sp³-hybridized carbons (Fsp3) is 0.227. The molecule has 2 N–H and O–H groups in total. The van der Waals surface area contributed by atoms with Crippen molar-refractivity contribution in [2.24, 2.45) is 0 Å². The Morgan fingerprint density at radius 3 is 2.90 bits per heavy atom. The van der Waals surface area contributed by atoms with E-state index in [1.165, 1.54) is 0 Å². The van der Waals surface area contributed by atoms with E-state index in [9.17, 15) is 14.7 Å². The zero-order chi connectivity index (χ0) is 21.3. The normalized spacial score (nSPS) is 12.2. The molecule has 0 spiro atoms. The maximum absolute atomic E-state index is 12.9. The van der Waals surface area contributed by atoms with Crippen LogP contribution in [0, 0.1) is 0 Å². The Morgan fingerprint density at radius 1 is 1.37 bits per heavy atom. The molecule has 2 aromatic heterocycles. The first-order chi connectivity index (χ1) is 14.6. The van der Waals surface area contributed by atoms with Crippen molar-refractivity contribution in [2.75, 3.05) is 12.0 Å². The lowest BCUT2D eigenvalue weighted by Crippen LogP contribution is -2.41. The van der Waals surface area contributed by atoms with Gasteiger partial charge in [0, 0.05) is 34.9 Å². The molecule has 0 saturated carbocycles. The molecule has 0 radical (unpaired) electrons. The number of aromatic nitrogens is 2. The number of hydrogen-bond acceptors (Lipinski definition) is 5. The molecule has 0 aliphatic rings. The number of nitrogens with one attached hydrogen (secondary N) is 1. The molecule has 1 atom stereocenters. The Balaban J connectivity index is 1.83. The van der Waals surface area contributed by atoms with E-state index in [0.717, 1.165) is 16.0 Å². The maximum Gasteiger partial charge on any atom is 0.326 e. The summed E-state index contributed by atoms with van der Waals surface area (Å²) in [5.74, 6) is -0.731. The lowest BCUT2D eigenvalue weighted by atomic mass is 10.0. The summed E-state index contributed by atoms with van der Waals surface area (Å²) in [5, 5.41) is 14.1. The van der Waals surface area contributed by atoms with E-state index in [0.29, 0.717) is 24.3 Å². The minimum absolute atomic E-state index is 0.374.